The molecule has 2 aromatic rings. The highest BCUT2D eigenvalue weighted by Gasteiger charge is 2.32. The smallest absolute Gasteiger partial charge is 0.266 e. The van der Waals surface area contributed by atoms with Crippen molar-refractivity contribution in [1.29, 1.82) is 0 Å². The molecule has 0 radical (unpaired) electrons. The second kappa shape index (κ2) is 6.70. The van der Waals surface area contributed by atoms with Gasteiger partial charge in [-0.15, -0.1) is 11.3 Å². The first-order valence-electron chi connectivity index (χ1n) is 7.27. The van der Waals surface area contributed by atoms with Gasteiger partial charge in [0, 0.05) is 19.5 Å². The third kappa shape index (κ3) is 3.17. The second-order valence-electron chi connectivity index (χ2n) is 5.21. The molecule has 6 heteroatoms. The SMILES string of the molecule is O=C1NCCCN(C(=O)c2cncs2)C1Cc1ccccc1. The van der Waals surface area contributed by atoms with Gasteiger partial charge in [-0.25, -0.2) is 0 Å². The van der Waals surface area contributed by atoms with E-state index in [-0.39, 0.29) is 11.8 Å². The molecule has 114 valence electrons. The Morgan fingerprint density at radius 2 is 2.18 bits per heavy atom. The Morgan fingerprint density at radius 1 is 1.36 bits per heavy atom. The normalized spacial score (nSPS) is 18.6. The van der Waals surface area contributed by atoms with Crippen molar-refractivity contribution in [2.75, 3.05) is 13.1 Å². The maximum absolute atomic E-state index is 12.7. The lowest BCUT2D eigenvalue weighted by Gasteiger charge is -2.28. The number of hydrogen-bond donors (Lipinski definition) is 1. The van der Waals surface area contributed by atoms with Gasteiger partial charge < -0.3 is 10.2 Å². The van der Waals surface area contributed by atoms with Crippen molar-refractivity contribution < 1.29 is 9.59 Å². The highest BCUT2D eigenvalue weighted by molar-refractivity contribution is 7.11. The van der Waals surface area contributed by atoms with Crippen LogP contribution >= 0.6 is 11.3 Å². The molecule has 5 nitrogen and oxygen atoms in total. The highest BCUT2D eigenvalue weighted by Crippen LogP contribution is 2.17. The minimum absolute atomic E-state index is 0.0841. The summed E-state index contributed by atoms with van der Waals surface area (Å²) in [6.07, 6.45) is 2.86. The van der Waals surface area contributed by atoms with Crippen molar-refractivity contribution >= 4 is 23.2 Å². The molecule has 2 heterocycles. The zero-order valence-corrected chi connectivity index (χ0v) is 12.9. The molecule has 1 N–H and O–H groups in total. The van der Waals surface area contributed by atoms with E-state index in [1.807, 2.05) is 30.3 Å². The van der Waals surface area contributed by atoms with E-state index in [1.165, 1.54) is 11.3 Å². The van der Waals surface area contributed by atoms with Crippen molar-refractivity contribution in [2.24, 2.45) is 0 Å². The van der Waals surface area contributed by atoms with E-state index < -0.39 is 6.04 Å². The molecular formula is C16H17N3O2S. The van der Waals surface area contributed by atoms with E-state index in [0.29, 0.717) is 24.4 Å². The number of aromatic nitrogens is 1. The number of hydrogen-bond acceptors (Lipinski definition) is 4. The van der Waals surface area contributed by atoms with E-state index >= 15 is 0 Å². The third-order valence-corrected chi connectivity index (χ3v) is 4.49. The Kier molecular flexibility index (Phi) is 4.48. The van der Waals surface area contributed by atoms with Crippen LogP contribution in [0, 0.1) is 0 Å². The van der Waals surface area contributed by atoms with Crippen molar-refractivity contribution in [3.63, 3.8) is 0 Å². The van der Waals surface area contributed by atoms with Gasteiger partial charge in [-0.2, -0.15) is 0 Å². The molecule has 1 aromatic heterocycles. The fourth-order valence-electron chi connectivity index (χ4n) is 2.62. The Labute approximate surface area is 133 Å². The predicted octanol–water partition coefficient (Wildman–Crippen LogP) is 1.72. The van der Waals surface area contributed by atoms with Crippen LogP contribution in [0.25, 0.3) is 0 Å². The lowest BCUT2D eigenvalue weighted by molar-refractivity contribution is -0.124. The number of rotatable bonds is 3. The van der Waals surface area contributed by atoms with Crippen LogP contribution in [0.1, 0.15) is 21.7 Å². The van der Waals surface area contributed by atoms with Gasteiger partial charge in [-0.1, -0.05) is 30.3 Å². The van der Waals surface area contributed by atoms with Crippen molar-refractivity contribution in [2.45, 2.75) is 18.9 Å². The molecule has 0 bridgehead atoms. The van der Waals surface area contributed by atoms with Crippen LogP contribution in [0.4, 0.5) is 0 Å². The van der Waals surface area contributed by atoms with Gasteiger partial charge in [0.1, 0.15) is 10.9 Å². The highest BCUT2D eigenvalue weighted by atomic mass is 32.1. The molecule has 3 rings (SSSR count). The summed E-state index contributed by atoms with van der Waals surface area (Å²) < 4.78 is 0. The summed E-state index contributed by atoms with van der Waals surface area (Å²) in [6.45, 7) is 1.18. The summed E-state index contributed by atoms with van der Waals surface area (Å²) in [7, 11) is 0. The molecule has 1 aliphatic rings. The molecule has 1 aliphatic heterocycles. The first-order chi connectivity index (χ1) is 10.8. The van der Waals surface area contributed by atoms with Crippen molar-refractivity contribution in [1.82, 2.24) is 15.2 Å². The first-order valence-corrected chi connectivity index (χ1v) is 8.15. The summed E-state index contributed by atoms with van der Waals surface area (Å²) >= 11 is 1.31. The average molecular weight is 315 g/mol. The van der Waals surface area contributed by atoms with Crippen molar-refractivity contribution in [3.8, 4) is 0 Å². The molecule has 22 heavy (non-hydrogen) atoms. The average Bonchev–Trinajstić information content (AvgIpc) is 3.02. The monoisotopic (exact) mass is 315 g/mol. The molecule has 1 saturated heterocycles. The fourth-order valence-corrected chi connectivity index (χ4v) is 3.20. The largest absolute Gasteiger partial charge is 0.354 e. The number of carbonyl (C=O) groups is 2. The van der Waals surface area contributed by atoms with Crippen molar-refractivity contribution in [3.05, 3.63) is 52.5 Å². The molecular weight excluding hydrogens is 298 g/mol. The number of nitrogens with zero attached hydrogens (tertiary/aromatic N) is 2. The molecule has 2 amide bonds. The number of benzene rings is 1. The Morgan fingerprint density at radius 3 is 2.91 bits per heavy atom. The number of carbonyl (C=O) groups excluding carboxylic acids is 2. The Bertz CT molecular complexity index is 643. The van der Waals surface area contributed by atoms with Crippen LogP contribution in [-0.4, -0.2) is 40.8 Å². The zero-order valence-electron chi connectivity index (χ0n) is 12.1. The lowest BCUT2D eigenvalue weighted by Crippen LogP contribution is -2.48. The van der Waals surface area contributed by atoms with Crippen LogP contribution in [0.15, 0.2) is 42.0 Å². The minimum Gasteiger partial charge on any atom is -0.354 e. The molecule has 1 atom stereocenters. The lowest BCUT2D eigenvalue weighted by atomic mass is 10.0. The van der Waals surface area contributed by atoms with Crippen LogP contribution in [0.3, 0.4) is 0 Å². The van der Waals surface area contributed by atoms with E-state index in [0.717, 1.165) is 12.0 Å². The maximum Gasteiger partial charge on any atom is 0.266 e. The van der Waals surface area contributed by atoms with Crippen LogP contribution in [-0.2, 0) is 11.2 Å². The molecule has 0 aliphatic carbocycles. The summed E-state index contributed by atoms with van der Waals surface area (Å²) in [6, 6.07) is 9.32. The van der Waals surface area contributed by atoms with Crippen LogP contribution < -0.4 is 5.32 Å². The van der Waals surface area contributed by atoms with E-state index in [2.05, 4.69) is 10.3 Å². The summed E-state index contributed by atoms with van der Waals surface area (Å²) in [5, 5.41) is 2.90. The van der Waals surface area contributed by atoms with Gasteiger partial charge in [0.2, 0.25) is 5.91 Å². The van der Waals surface area contributed by atoms with Gasteiger partial charge in [0.05, 0.1) is 11.7 Å². The minimum atomic E-state index is -0.473. The summed E-state index contributed by atoms with van der Waals surface area (Å²) in [4.78, 5) is 31.3. The van der Waals surface area contributed by atoms with Gasteiger partial charge in [-0.05, 0) is 12.0 Å². The van der Waals surface area contributed by atoms with E-state index in [4.69, 9.17) is 0 Å². The van der Waals surface area contributed by atoms with Gasteiger partial charge in [0.25, 0.3) is 5.91 Å². The topological polar surface area (TPSA) is 62.3 Å². The van der Waals surface area contributed by atoms with Gasteiger partial charge >= 0.3 is 0 Å². The van der Waals surface area contributed by atoms with Gasteiger partial charge in [0.15, 0.2) is 0 Å². The quantitative estimate of drug-likeness (QED) is 0.938. The van der Waals surface area contributed by atoms with Crippen LogP contribution in [0.2, 0.25) is 0 Å². The summed E-state index contributed by atoms with van der Waals surface area (Å²) in [5.74, 6) is -0.195. The fraction of sp³-hybridized carbons (Fsp3) is 0.312. The zero-order chi connectivity index (χ0) is 15.4. The number of amides is 2. The van der Waals surface area contributed by atoms with E-state index in [9.17, 15) is 9.59 Å². The molecule has 0 saturated carbocycles. The summed E-state index contributed by atoms with van der Waals surface area (Å²) in [5.41, 5.74) is 2.68. The molecule has 1 unspecified atom stereocenters. The Balaban J connectivity index is 1.86. The molecule has 1 aromatic carbocycles. The maximum atomic E-state index is 12.7. The Hall–Kier alpha value is -2.21. The van der Waals surface area contributed by atoms with Crippen LogP contribution in [0.5, 0.6) is 0 Å². The standard InChI is InChI=1S/C16H17N3O2S/c20-15-13(9-12-5-2-1-3-6-12)19(8-4-7-18-15)16(21)14-10-17-11-22-14/h1-3,5-6,10-11,13H,4,7-9H2,(H,18,20). The third-order valence-electron chi connectivity index (χ3n) is 3.73. The molecule has 0 spiro atoms. The first kappa shape index (κ1) is 14.7. The van der Waals surface area contributed by atoms with E-state index in [1.54, 1.807) is 16.6 Å². The number of thiazole rings is 1. The number of nitrogens with one attached hydrogen (secondary N) is 1. The predicted molar refractivity (Wildman–Crippen MR) is 84.7 cm³/mol. The van der Waals surface area contributed by atoms with Gasteiger partial charge in [-0.3, -0.25) is 14.6 Å². The molecule has 1 fully saturated rings. The second-order valence-corrected chi connectivity index (χ2v) is 6.10.